The van der Waals surface area contributed by atoms with E-state index in [4.69, 9.17) is 4.74 Å². The van der Waals surface area contributed by atoms with Crippen molar-refractivity contribution in [2.75, 3.05) is 22.2 Å². The molecule has 2 aromatic carbocycles. The third-order valence-corrected chi connectivity index (χ3v) is 7.73. The monoisotopic (exact) mass is 480 g/mol. The van der Waals surface area contributed by atoms with Crippen molar-refractivity contribution in [1.29, 1.82) is 0 Å². The molecule has 3 aromatic rings. The molecule has 0 spiro atoms. The Morgan fingerprint density at radius 1 is 1.12 bits per heavy atom. The summed E-state index contributed by atoms with van der Waals surface area (Å²) in [4.78, 5) is 29.4. The summed E-state index contributed by atoms with van der Waals surface area (Å²) < 4.78 is 6.65. The first-order valence-corrected chi connectivity index (χ1v) is 12.8. The van der Waals surface area contributed by atoms with Crippen LogP contribution in [-0.2, 0) is 9.59 Å². The Morgan fingerprint density at radius 3 is 2.64 bits per heavy atom. The van der Waals surface area contributed by atoms with Crippen molar-refractivity contribution in [1.82, 2.24) is 10.2 Å². The van der Waals surface area contributed by atoms with E-state index < -0.39 is 0 Å². The molecule has 0 saturated heterocycles. The van der Waals surface area contributed by atoms with Crippen LogP contribution >= 0.6 is 23.1 Å². The minimum atomic E-state index is -0.202. The third kappa shape index (κ3) is 4.60. The van der Waals surface area contributed by atoms with Crippen LogP contribution < -0.4 is 14.5 Å². The number of hydrogen-bond donors (Lipinski definition) is 0. The molecule has 0 bridgehead atoms. The highest BCUT2D eigenvalue weighted by Gasteiger charge is 2.36. The van der Waals surface area contributed by atoms with E-state index in [0.29, 0.717) is 28.2 Å². The van der Waals surface area contributed by atoms with Crippen LogP contribution in [0.4, 0.5) is 10.8 Å². The third-order valence-electron chi connectivity index (χ3n) is 5.69. The van der Waals surface area contributed by atoms with Crippen LogP contribution in [0.3, 0.4) is 0 Å². The summed E-state index contributed by atoms with van der Waals surface area (Å²) in [6, 6.07) is 17.6. The lowest BCUT2D eigenvalue weighted by atomic mass is 10.0. The predicted octanol–water partition coefficient (Wildman–Crippen LogP) is 4.70. The molecule has 7 nitrogen and oxygen atoms in total. The summed E-state index contributed by atoms with van der Waals surface area (Å²) in [5, 5.41) is 9.11. The molecule has 5 rings (SSSR count). The molecular weight excluding hydrogens is 456 g/mol. The van der Waals surface area contributed by atoms with Crippen LogP contribution in [0.5, 0.6) is 5.75 Å². The lowest BCUT2D eigenvalue weighted by Crippen LogP contribution is -2.42. The fourth-order valence-corrected chi connectivity index (χ4v) is 5.73. The lowest BCUT2D eigenvalue weighted by Gasteiger charge is -2.37. The van der Waals surface area contributed by atoms with Crippen molar-refractivity contribution >= 4 is 45.7 Å². The number of para-hydroxylation sites is 2. The SMILES string of the molecule is CCC(=O)N(c1nnc(SCC(=O)N2c3ccccc3OCC2c2ccccc2)s1)C1CC1. The van der Waals surface area contributed by atoms with Crippen molar-refractivity contribution in [2.45, 2.75) is 42.6 Å². The molecule has 9 heteroatoms. The number of aromatic nitrogens is 2. The van der Waals surface area contributed by atoms with Crippen LogP contribution in [-0.4, -0.2) is 40.4 Å². The average molecular weight is 481 g/mol. The minimum Gasteiger partial charge on any atom is -0.489 e. The molecule has 0 radical (unpaired) electrons. The topological polar surface area (TPSA) is 75.6 Å². The summed E-state index contributed by atoms with van der Waals surface area (Å²) in [5.41, 5.74) is 1.80. The van der Waals surface area contributed by atoms with Gasteiger partial charge in [-0.3, -0.25) is 19.4 Å². The van der Waals surface area contributed by atoms with Gasteiger partial charge in [-0.1, -0.05) is 72.5 Å². The zero-order valence-corrected chi connectivity index (χ0v) is 19.8. The molecule has 2 amide bonds. The predicted molar refractivity (Wildman–Crippen MR) is 130 cm³/mol. The summed E-state index contributed by atoms with van der Waals surface area (Å²) in [7, 11) is 0. The summed E-state index contributed by atoms with van der Waals surface area (Å²) in [5.74, 6) is 0.971. The van der Waals surface area contributed by atoms with Gasteiger partial charge in [-0.15, -0.1) is 10.2 Å². The van der Waals surface area contributed by atoms with Crippen molar-refractivity contribution in [3.05, 3.63) is 60.2 Å². The van der Waals surface area contributed by atoms with E-state index in [1.807, 2.05) is 66.4 Å². The van der Waals surface area contributed by atoms with Gasteiger partial charge in [0.15, 0.2) is 4.34 Å². The first kappa shape index (κ1) is 21.9. The Hall–Kier alpha value is -2.91. The number of ether oxygens (including phenoxy) is 1. The van der Waals surface area contributed by atoms with Gasteiger partial charge in [-0.2, -0.15) is 0 Å². The second kappa shape index (κ2) is 9.52. The molecule has 170 valence electrons. The van der Waals surface area contributed by atoms with Gasteiger partial charge in [0.25, 0.3) is 0 Å². The number of fused-ring (bicyclic) bond motifs is 1. The molecule has 1 saturated carbocycles. The van der Waals surface area contributed by atoms with Gasteiger partial charge in [0.1, 0.15) is 12.4 Å². The molecule has 33 heavy (non-hydrogen) atoms. The highest BCUT2D eigenvalue weighted by Crippen LogP contribution is 2.40. The Labute approximate surface area is 200 Å². The van der Waals surface area contributed by atoms with E-state index in [1.165, 1.54) is 23.1 Å². The van der Waals surface area contributed by atoms with Crippen LogP contribution in [0.15, 0.2) is 58.9 Å². The molecule has 1 aliphatic heterocycles. The summed E-state index contributed by atoms with van der Waals surface area (Å²) >= 11 is 2.73. The fourth-order valence-electron chi connectivity index (χ4n) is 3.94. The van der Waals surface area contributed by atoms with Gasteiger partial charge in [0.2, 0.25) is 16.9 Å². The summed E-state index contributed by atoms with van der Waals surface area (Å²) in [6.45, 7) is 2.26. The van der Waals surface area contributed by atoms with E-state index in [2.05, 4.69) is 10.2 Å². The highest BCUT2D eigenvalue weighted by molar-refractivity contribution is 8.01. The standard InChI is InChI=1S/C24H24N4O3S2/c1-2-21(29)27(17-12-13-17)23-25-26-24(33-23)32-15-22(30)28-18-10-6-7-11-20(18)31-14-19(28)16-8-4-3-5-9-16/h3-11,17,19H,2,12-15H2,1H3. The number of anilines is 2. The molecule has 1 aromatic heterocycles. The second-order valence-corrected chi connectivity index (χ2v) is 10.1. The summed E-state index contributed by atoms with van der Waals surface area (Å²) in [6.07, 6.45) is 2.45. The molecule has 0 N–H and O–H groups in total. The maximum atomic E-state index is 13.5. The zero-order valence-electron chi connectivity index (χ0n) is 18.2. The van der Waals surface area contributed by atoms with E-state index in [9.17, 15) is 9.59 Å². The Morgan fingerprint density at radius 2 is 1.88 bits per heavy atom. The van der Waals surface area contributed by atoms with Gasteiger partial charge < -0.3 is 4.74 Å². The van der Waals surface area contributed by atoms with Gasteiger partial charge in [-0.25, -0.2) is 0 Å². The van der Waals surface area contributed by atoms with Crippen LogP contribution in [0.2, 0.25) is 0 Å². The largest absolute Gasteiger partial charge is 0.489 e. The normalized spacial score (nSPS) is 17.2. The maximum Gasteiger partial charge on any atom is 0.238 e. The van der Waals surface area contributed by atoms with Gasteiger partial charge in [-0.05, 0) is 30.5 Å². The number of thioether (sulfide) groups is 1. The van der Waals surface area contributed by atoms with Crippen molar-refractivity contribution in [3.8, 4) is 5.75 Å². The van der Waals surface area contributed by atoms with E-state index >= 15 is 0 Å². The molecule has 1 unspecified atom stereocenters. The van der Waals surface area contributed by atoms with Gasteiger partial charge in [0, 0.05) is 12.5 Å². The molecule has 2 heterocycles. The number of rotatable bonds is 7. The smallest absolute Gasteiger partial charge is 0.238 e. The zero-order chi connectivity index (χ0) is 22.8. The number of carbonyl (C=O) groups excluding carboxylic acids is 2. The fraction of sp³-hybridized carbons (Fsp3) is 0.333. The number of hydrogen-bond acceptors (Lipinski definition) is 7. The van der Waals surface area contributed by atoms with Gasteiger partial charge in [0.05, 0.1) is 17.5 Å². The van der Waals surface area contributed by atoms with Crippen molar-refractivity contribution in [2.24, 2.45) is 0 Å². The Bertz CT molecular complexity index is 1150. The van der Waals surface area contributed by atoms with Crippen molar-refractivity contribution in [3.63, 3.8) is 0 Å². The molecule has 1 aliphatic carbocycles. The Balaban J connectivity index is 1.34. The number of amides is 2. The number of carbonyl (C=O) groups is 2. The lowest BCUT2D eigenvalue weighted by molar-refractivity contribution is -0.118. The molecular formula is C24H24N4O3S2. The van der Waals surface area contributed by atoms with Gasteiger partial charge >= 0.3 is 0 Å². The van der Waals surface area contributed by atoms with Crippen LogP contribution in [0, 0.1) is 0 Å². The molecule has 2 aliphatic rings. The first-order chi connectivity index (χ1) is 16.2. The van der Waals surface area contributed by atoms with E-state index in [-0.39, 0.29) is 29.7 Å². The number of nitrogens with zero attached hydrogens (tertiary/aromatic N) is 4. The van der Waals surface area contributed by atoms with E-state index in [0.717, 1.165) is 24.1 Å². The average Bonchev–Trinajstić information content (AvgIpc) is 3.59. The highest BCUT2D eigenvalue weighted by atomic mass is 32.2. The number of benzene rings is 2. The van der Waals surface area contributed by atoms with E-state index in [1.54, 1.807) is 4.90 Å². The van der Waals surface area contributed by atoms with Crippen LogP contribution in [0.25, 0.3) is 0 Å². The maximum absolute atomic E-state index is 13.5. The molecule has 1 atom stereocenters. The Kier molecular flexibility index (Phi) is 6.32. The second-order valence-electron chi connectivity index (χ2n) is 7.96. The van der Waals surface area contributed by atoms with Crippen LogP contribution in [0.1, 0.15) is 37.8 Å². The van der Waals surface area contributed by atoms with Crippen molar-refractivity contribution < 1.29 is 14.3 Å². The first-order valence-electron chi connectivity index (χ1n) is 11.0. The minimum absolute atomic E-state index is 0.0231. The quantitative estimate of drug-likeness (QED) is 0.360. The molecule has 1 fully saturated rings.